The molecule has 0 saturated heterocycles. The Morgan fingerprint density at radius 2 is 0.450 bits per heavy atom. The van der Waals surface area contributed by atoms with Crippen molar-refractivity contribution in [3.05, 3.63) is 142 Å². The standard InChI is InChI=1S/4C10H12N2O2.3ClH.Ti/c4*1-12(2)9(11)7-5-3-4-6-8(7)10(13)14;;;;/h4*3-6,11H,1-2H3,(H,13,14);3*1H;. The first kappa shape index (κ1) is 60.9. The predicted octanol–water partition coefficient (Wildman–Crippen LogP) is 6.35. The van der Waals surface area contributed by atoms with Crippen LogP contribution in [0.2, 0.25) is 0 Å². The van der Waals surface area contributed by atoms with Crippen molar-refractivity contribution in [3.8, 4) is 0 Å². The van der Waals surface area contributed by atoms with Crippen molar-refractivity contribution in [1.82, 2.24) is 19.6 Å². The Morgan fingerprint density at radius 1 is 0.333 bits per heavy atom. The number of halogens is 3. The molecular weight excluding hydrogens is 875 g/mol. The van der Waals surface area contributed by atoms with Crippen LogP contribution in [0, 0.1) is 21.6 Å². The van der Waals surface area contributed by atoms with E-state index in [4.69, 9.17) is 42.1 Å². The van der Waals surface area contributed by atoms with Crippen LogP contribution >= 0.6 is 37.2 Å². The van der Waals surface area contributed by atoms with E-state index >= 15 is 0 Å². The minimum Gasteiger partial charge on any atom is -0.478 e. The molecule has 0 fully saturated rings. The second-order valence-electron chi connectivity index (χ2n) is 12.4. The summed E-state index contributed by atoms with van der Waals surface area (Å²) < 4.78 is 0. The van der Waals surface area contributed by atoms with Gasteiger partial charge in [-0.3, -0.25) is 21.6 Å². The van der Waals surface area contributed by atoms with Gasteiger partial charge in [0.15, 0.2) is 0 Å². The Balaban J connectivity index is -0.000000341. The molecular formula is C40H51Cl3N8O8Ti. The number of hydrogen-bond acceptors (Lipinski definition) is 8. The fourth-order valence-electron chi connectivity index (χ4n) is 4.47. The molecule has 8 N–H and O–H groups in total. The van der Waals surface area contributed by atoms with Crippen molar-refractivity contribution in [2.45, 2.75) is 0 Å². The number of carbonyl (C=O) groups is 4. The maximum Gasteiger partial charge on any atom is 0.336 e. The van der Waals surface area contributed by atoms with Crippen LogP contribution < -0.4 is 0 Å². The smallest absolute Gasteiger partial charge is 0.336 e. The molecule has 0 aliphatic heterocycles. The first-order chi connectivity index (χ1) is 26.1. The summed E-state index contributed by atoms with van der Waals surface area (Å²) in [5, 5.41) is 66.2. The largest absolute Gasteiger partial charge is 0.478 e. The summed E-state index contributed by atoms with van der Waals surface area (Å²) >= 11 is 0. The third-order valence-corrected chi connectivity index (χ3v) is 7.44. The predicted molar refractivity (Wildman–Crippen MR) is 237 cm³/mol. The van der Waals surface area contributed by atoms with Crippen molar-refractivity contribution < 1.29 is 61.3 Å². The molecule has 0 bridgehead atoms. The number of nitrogens with zero attached hydrogens (tertiary/aromatic N) is 4. The third-order valence-electron chi connectivity index (χ3n) is 7.44. The van der Waals surface area contributed by atoms with Gasteiger partial charge >= 0.3 is 23.9 Å². The molecule has 60 heavy (non-hydrogen) atoms. The average molecular weight is 926 g/mol. The topological polar surface area (TPSA) is 258 Å². The Morgan fingerprint density at radius 3 is 0.550 bits per heavy atom. The molecule has 0 aliphatic rings. The molecule has 4 aromatic carbocycles. The van der Waals surface area contributed by atoms with Gasteiger partial charge in [-0.05, 0) is 24.3 Å². The first-order valence-corrected chi connectivity index (χ1v) is 16.5. The van der Waals surface area contributed by atoms with Gasteiger partial charge in [0.05, 0.1) is 22.3 Å². The third kappa shape index (κ3) is 18.4. The van der Waals surface area contributed by atoms with Crippen molar-refractivity contribution in [1.29, 1.82) is 21.6 Å². The Kier molecular flexibility index (Phi) is 29.9. The summed E-state index contributed by atoms with van der Waals surface area (Å²) in [5.74, 6) is -3.24. The molecule has 0 aliphatic carbocycles. The number of carboxylic acid groups (broad SMARTS) is 4. The number of rotatable bonds is 8. The van der Waals surface area contributed by atoms with E-state index in [-0.39, 0.29) is 105 Å². The molecule has 0 saturated carbocycles. The minimum absolute atomic E-state index is 0. The van der Waals surface area contributed by atoms with Crippen molar-refractivity contribution in [2.24, 2.45) is 0 Å². The van der Waals surface area contributed by atoms with Crippen molar-refractivity contribution in [2.75, 3.05) is 56.4 Å². The summed E-state index contributed by atoms with van der Waals surface area (Å²) in [5.41, 5.74) is 2.37. The SMILES string of the molecule is CN(C)C(=N)c1ccccc1C(=O)O.CN(C)C(=N)c1ccccc1C(=O)O.CN(C)C(=N)c1ccccc1C(=O)O.CN(C)C(=N)c1ccccc1C(=O)O.Cl.Cl.Cl.[Ti]. The molecule has 0 spiro atoms. The van der Waals surface area contributed by atoms with Crippen LogP contribution in [-0.4, -0.2) is 144 Å². The number of nitrogens with one attached hydrogen (secondary N) is 4. The number of aromatic carboxylic acids is 4. The molecule has 16 nitrogen and oxygen atoms in total. The van der Waals surface area contributed by atoms with E-state index in [0.717, 1.165) is 0 Å². The molecule has 0 unspecified atom stereocenters. The number of hydrogen-bond donors (Lipinski definition) is 8. The maximum absolute atomic E-state index is 10.8. The second kappa shape index (κ2) is 29.4. The molecule has 0 aromatic heterocycles. The van der Waals surface area contributed by atoms with Crippen LogP contribution in [0.4, 0.5) is 0 Å². The zero-order valence-corrected chi connectivity index (χ0v) is 38.2. The molecule has 4 rings (SSSR count). The van der Waals surface area contributed by atoms with E-state index in [2.05, 4.69) is 0 Å². The number of benzene rings is 4. The van der Waals surface area contributed by atoms with Gasteiger partial charge < -0.3 is 40.0 Å². The second-order valence-corrected chi connectivity index (χ2v) is 12.4. The van der Waals surface area contributed by atoms with Gasteiger partial charge in [0.1, 0.15) is 23.3 Å². The van der Waals surface area contributed by atoms with E-state index in [9.17, 15) is 19.2 Å². The summed E-state index contributed by atoms with van der Waals surface area (Å²) in [4.78, 5) is 49.6. The van der Waals surface area contributed by atoms with Crippen LogP contribution in [-0.2, 0) is 21.7 Å². The zero-order chi connectivity index (χ0) is 42.9. The summed E-state index contributed by atoms with van der Waals surface area (Å²) in [6, 6.07) is 26.0. The van der Waals surface area contributed by atoms with E-state index in [1.54, 1.807) is 149 Å². The van der Waals surface area contributed by atoms with Gasteiger partial charge in [-0.2, -0.15) is 0 Å². The minimum atomic E-state index is -1.01. The summed E-state index contributed by atoms with van der Waals surface area (Å²) in [6.45, 7) is 0. The normalized spacial score (nSPS) is 8.93. The maximum atomic E-state index is 10.8. The summed E-state index contributed by atoms with van der Waals surface area (Å²) in [7, 11) is 13.7. The van der Waals surface area contributed by atoms with Gasteiger partial charge in [0, 0.05) is 100 Å². The van der Waals surface area contributed by atoms with Crippen molar-refractivity contribution >= 4 is 84.4 Å². The van der Waals surface area contributed by atoms with Gasteiger partial charge in [-0.25, -0.2) is 19.2 Å². The fourth-order valence-corrected chi connectivity index (χ4v) is 4.47. The molecule has 0 amide bonds. The van der Waals surface area contributed by atoms with E-state index < -0.39 is 23.9 Å². The summed E-state index contributed by atoms with van der Waals surface area (Å²) in [6.07, 6.45) is 0. The van der Waals surface area contributed by atoms with Gasteiger partial charge in [0.25, 0.3) is 0 Å². The van der Waals surface area contributed by atoms with E-state index in [1.807, 2.05) is 0 Å². The molecule has 20 heteroatoms. The Bertz CT molecular complexity index is 1810. The van der Waals surface area contributed by atoms with Crippen LogP contribution in [0.1, 0.15) is 63.7 Å². The molecule has 0 heterocycles. The van der Waals surface area contributed by atoms with Crippen LogP contribution in [0.15, 0.2) is 97.1 Å². The fraction of sp³-hybridized carbons (Fsp3) is 0.200. The number of carboxylic acids is 4. The van der Waals surface area contributed by atoms with Crippen molar-refractivity contribution in [3.63, 3.8) is 0 Å². The van der Waals surface area contributed by atoms with Crippen LogP contribution in [0.5, 0.6) is 0 Å². The van der Waals surface area contributed by atoms with Crippen LogP contribution in [0.25, 0.3) is 0 Å². The monoisotopic (exact) mass is 924 g/mol. The Hall–Kier alpha value is -5.78. The van der Waals surface area contributed by atoms with E-state index in [1.165, 1.54) is 24.3 Å². The molecule has 324 valence electrons. The van der Waals surface area contributed by atoms with Gasteiger partial charge in [-0.1, -0.05) is 72.8 Å². The van der Waals surface area contributed by atoms with Crippen LogP contribution in [0.3, 0.4) is 0 Å². The molecule has 0 radical (unpaired) electrons. The number of amidine groups is 4. The molecule has 4 aromatic rings. The van der Waals surface area contributed by atoms with Gasteiger partial charge in [-0.15, -0.1) is 37.2 Å². The first-order valence-electron chi connectivity index (χ1n) is 16.5. The zero-order valence-electron chi connectivity index (χ0n) is 34.2. The quantitative estimate of drug-likeness (QED) is 0.0547. The van der Waals surface area contributed by atoms with Gasteiger partial charge in [0.2, 0.25) is 0 Å². The Labute approximate surface area is 383 Å². The average Bonchev–Trinajstić information content (AvgIpc) is 3.17. The van der Waals surface area contributed by atoms with E-state index in [0.29, 0.717) is 22.3 Å². The molecule has 0 atom stereocenters.